The van der Waals surface area contributed by atoms with Crippen molar-refractivity contribution in [3.63, 3.8) is 0 Å². The first-order valence-electron chi connectivity index (χ1n) is 9.99. The van der Waals surface area contributed by atoms with Crippen LogP contribution in [0.25, 0.3) is 0 Å². The summed E-state index contributed by atoms with van der Waals surface area (Å²) in [6.07, 6.45) is 2.11. The van der Waals surface area contributed by atoms with Gasteiger partial charge in [-0.2, -0.15) is 0 Å². The van der Waals surface area contributed by atoms with E-state index in [1.54, 1.807) is 0 Å². The largest absolute Gasteiger partial charge is 0.494 e. The highest BCUT2D eigenvalue weighted by molar-refractivity contribution is 5.93. The maximum Gasteiger partial charge on any atom is 0.243 e. The van der Waals surface area contributed by atoms with E-state index in [0.717, 1.165) is 35.7 Å². The molecule has 2 N–H and O–H groups in total. The summed E-state index contributed by atoms with van der Waals surface area (Å²) in [5, 5.41) is 6.01. The maximum atomic E-state index is 12.2. The van der Waals surface area contributed by atoms with Crippen LogP contribution >= 0.6 is 0 Å². The average molecular weight is 385 g/mol. The van der Waals surface area contributed by atoms with Crippen molar-refractivity contribution in [2.24, 2.45) is 5.92 Å². The summed E-state index contributed by atoms with van der Waals surface area (Å²) in [5.41, 5.74) is 1.60. The summed E-state index contributed by atoms with van der Waals surface area (Å²) in [7, 11) is 0. The molecule has 0 heterocycles. The van der Waals surface area contributed by atoms with Crippen molar-refractivity contribution in [2.75, 3.05) is 23.8 Å². The van der Waals surface area contributed by atoms with E-state index in [0.29, 0.717) is 12.5 Å². The number of carbonyl (C=O) groups is 1. The summed E-state index contributed by atoms with van der Waals surface area (Å²) in [5.74, 6) is 2.11. The number of benzene rings is 2. The van der Waals surface area contributed by atoms with Crippen LogP contribution in [0.4, 0.5) is 11.4 Å². The molecule has 0 bridgehead atoms. The molecular weight excluding hydrogens is 352 g/mol. The van der Waals surface area contributed by atoms with E-state index >= 15 is 0 Å². The first-order valence-corrected chi connectivity index (χ1v) is 9.99. The number of anilines is 2. The lowest BCUT2D eigenvalue weighted by Gasteiger charge is -2.14. The highest BCUT2D eigenvalue weighted by Crippen LogP contribution is 2.20. The number of hydrogen-bond acceptors (Lipinski definition) is 4. The summed E-state index contributed by atoms with van der Waals surface area (Å²) in [6.45, 7) is 9.35. The van der Waals surface area contributed by atoms with Gasteiger partial charge >= 0.3 is 0 Å². The number of ether oxygens (including phenoxy) is 2. The molecule has 28 heavy (non-hydrogen) atoms. The van der Waals surface area contributed by atoms with E-state index in [1.807, 2.05) is 55.5 Å². The summed E-state index contributed by atoms with van der Waals surface area (Å²) in [6, 6.07) is 15.1. The molecule has 152 valence electrons. The molecule has 0 aliphatic rings. The monoisotopic (exact) mass is 384 g/mol. The van der Waals surface area contributed by atoms with Gasteiger partial charge in [0.05, 0.1) is 19.3 Å². The lowest BCUT2D eigenvalue weighted by atomic mass is 10.1. The smallest absolute Gasteiger partial charge is 0.243 e. The van der Waals surface area contributed by atoms with Crippen LogP contribution in [0.5, 0.6) is 11.5 Å². The lowest BCUT2D eigenvalue weighted by molar-refractivity contribution is -0.114. The number of nitrogens with one attached hydrogen (secondary N) is 2. The number of amides is 1. The Bertz CT molecular complexity index is 729. The molecule has 0 aliphatic heterocycles. The standard InChI is InChI=1S/C23H32N2O3/c1-5-18(4)28-22-8-6-7-20(15-22)25-23(26)16-24-19-9-11-21(12-10-19)27-14-13-17(2)3/h6-12,15,17-18,24H,5,13-14,16H2,1-4H3,(H,25,26). The Morgan fingerprint density at radius 1 is 1.00 bits per heavy atom. The molecule has 5 heteroatoms. The van der Waals surface area contributed by atoms with Crippen molar-refractivity contribution in [1.29, 1.82) is 0 Å². The molecule has 0 spiro atoms. The highest BCUT2D eigenvalue weighted by atomic mass is 16.5. The Morgan fingerprint density at radius 2 is 1.75 bits per heavy atom. The summed E-state index contributed by atoms with van der Waals surface area (Å²) < 4.78 is 11.5. The third kappa shape index (κ3) is 7.91. The molecule has 0 aliphatic carbocycles. The third-order valence-electron chi connectivity index (χ3n) is 4.30. The van der Waals surface area contributed by atoms with Gasteiger partial charge in [0, 0.05) is 17.4 Å². The zero-order valence-electron chi connectivity index (χ0n) is 17.3. The molecule has 0 radical (unpaired) electrons. The minimum Gasteiger partial charge on any atom is -0.494 e. The van der Waals surface area contributed by atoms with Gasteiger partial charge in [-0.3, -0.25) is 4.79 Å². The average Bonchev–Trinajstić information content (AvgIpc) is 2.67. The Balaban J connectivity index is 1.78. The number of hydrogen-bond donors (Lipinski definition) is 2. The van der Waals surface area contributed by atoms with Crippen molar-refractivity contribution in [3.8, 4) is 11.5 Å². The van der Waals surface area contributed by atoms with Gasteiger partial charge in [0.25, 0.3) is 0 Å². The van der Waals surface area contributed by atoms with Crippen LogP contribution in [0.15, 0.2) is 48.5 Å². The molecule has 0 saturated carbocycles. The van der Waals surface area contributed by atoms with E-state index in [1.165, 1.54) is 0 Å². The van der Waals surface area contributed by atoms with Crippen LogP contribution in [0, 0.1) is 5.92 Å². The van der Waals surface area contributed by atoms with Crippen LogP contribution in [0.3, 0.4) is 0 Å². The maximum absolute atomic E-state index is 12.2. The van der Waals surface area contributed by atoms with Gasteiger partial charge in [0.2, 0.25) is 5.91 Å². The van der Waals surface area contributed by atoms with E-state index in [-0.39, 0.29) is 18.6 Å². The van der Waals surface area contributed by atoms with Gasteiger partial charge < -0.3 is 20.1 Å². The fourth-order valence-electron chi connectivity index (χ4n) is 2.43. The molecule has 5 nitrogen and oxygen atoms in total. The fourth-order valence-corrected chi connectivity index (χ4v) is 2.43. The Morgan fingerprint density at radius 3 is 2.43 bits per heavy atom. The van der Waals surface area contributed by atoms with Gasteiger partial charge in [-0.1, -0.05) is 26.8 Å². The van der Waals surface area contributed by atoms with Gasteiger partial charge in [0.1, 0.15) is 11.5 Å². The molecule has 0 saturated heterocycles. The first kappa shape index (κ1) is 21.6. The minimum absolute atomic E-state index is 0.113. The molecule has 2 aromatic rings. The molecule has 2 aromatic carbocycles. The molecule has 2 rings (SSSR count). The predicted octanol–water partition coefficient (Wildman–Crippen LogP) is 5.34. The Hall–Kier alpha value is -2.69. The fraction of sp³-hybridized carbons (Fsp3) is 0.435. The van der Waals surface area contributed by atoms with Crippen LogP contribution in [-0.2, 0) is 4.79 Å². The molecule has 1 atom stereocenters. The number of carbonyl (C=O) groups excluding carboxylic acids is 1. The van der Waals surface area contributed by atoms with Crippen LogP contribution in [0.2, 0.25) is 0 Å². The molecule has 0 aromatic heterocycles. The number of rotatable bonds is 11. The topological polar surface area (TPSA) is 59.6 Å². The molecule has 1 unspecified atom stereocenters. The lowest BCUT2D eigenvalue weighted by Crippen LogP contribution is -2.21. The van der Waals surface area contributed by atoms with Crippen molar-refractivity contribution < 1.29 is 14.3 Å². The van der Waals surface area contributed by atoms with Gasteiger partial charge in [-0.25, -0.2) is 0 Å². The zero-order valence-corrected chi connectivity index (χ0v) is 17.3. The van der Waals surface area contributed by atoms with Crippen molar-refractivity contribution in [1.82, 2.24) is 0 Å². The normalized spacial score (nSPS) is 11.8. The first-order chi connectivity index (χ1) is 13.5. The van der Waals surface area contributed by atoms with Crippen molar-refractivity contribution in [3.05, 3.63) is 48.5 Å². The molecule has 1 amide bonds. The quantitative estimate of drug-likeness (QED) is 0.549. The van der Waals surface area contributed by atoms with Gasteiger partial charge in [-0.15, -0.1) is 0 Å². The summed E-state index contributed by atoms with van der Waals surface area (Å²) in [4.78, 5) is 12.2. The Kier molecular flexibility index (Phi) is 8.66. The predicted molar refractivity (Wildman–Crippen MR) is 115 cm³/mol. The van der Waals surface area contributed by atoms with E-state index in [9.17, 15) is 4.79 Å². The third-order valence-corrected chi connectivity index (χ3v) is 4.30. The SMILES string of the molecule is CCC(C)Oc1cccc(NC(=O)CNc2ccc(OCCC(C)C)cc2)c1. The zero-order chi connectivity index (χ0) is 20.4. The molecule has 0 fully saturated rings. The van der Waals surface area contributed by atoms with Crippen molar-refractivity contribution >= 4 is 17.3 Å². The second-order valence-corrected chi connectivity index (χ2v) is 7.32. The van der Waals surface area contributed by atoms with E-state index < -0.39 is 0 Å². The van der Waals surface area contributed by atoms with E-state index in [2.05, 4.69) is 31.4 Å². The second kappa shape index (κ2) is 11.2. The van der Waals surface area contributed by atoms with Gasteiger partial charge in [-0.05, 0) is 62.1 Å². The molecular formula is C23H32N2O3. The summed E-state index contributed by atoms with van der Waals surface area (Å²) >= 11 is 0. The second-order valence-electron chi connectivity index (χ2n) is 7.32. The van der Waals surface area contributed by atoms with Crippen LogP contribution in [-0.4, -0.2) is 25.2 Å². The highest BCUT2D eigenvalue weighted by Gasteiger charge is 2.06. The van der Waals surface area contributed by atoms with E-state index in [4.69, 9.17) is 9.47 Å². The van der Waals surface area contributed by atoms with Crippen LogP contribution in [0.1, 0.15) is 40.5 Å². The van der Waals surface area contributed by atoms with Crippen LogP contribution < -0.4 is 20.1 Å². The van der Waals surface area contributed by atoms with Gasteiger partial charge in [0.15, 0.2) is 0 Å². The Labute approximate surface area is 168 Å². The van der Waals surface area contributed by atoms with Crippen molar-refractivity contribution in [2.45, 2.75) is 46.6 Å². The minimum atomic E-state index is -0.113.